The van der Waals surface area contributed by atoms with E-state index in [2.05, 4.69) is 5.32 Å². The monoisotopic (exact) mass is 247 g/mol. The maximum Gasteiger partial charge on any atom is 0.224 e. The van der Waals surface area contributed by atoms with E-state index in [-0.39, 0.29) is 18.1 Å². The van der Waals surface area contributed by atoms with Gasteiger partial charge in [0.1, 0.15) is 5.75 Å². The van der Waals surface area contributed by atoms with Crippen molar-refractivity contribution in [3.05, 3.63) is 52.2 Å². The van der Waals surface area contributed by atoms with Gasteiger partial charge in [-0.1, -0.05) is 24.3 Å². The lowest BCUT2D eigenvalue weighted by Gasteiger charge is -2.05. The molecule has 0 radical (unpaired) electrons. The van der Waals surface area contributed by atoms with Crippen molar-refractivity contribution < 1.29 is 9.90 Å². The van der Waals surface area contributed by atoms with Gasteiger partial charge < -0.3 is 10.4 Å². The van der Waals surface area contributed by atoms with Gasteiger partial charge in [-0.2, -0.15) is 0 Å². The smallest absolute Gasteiger partial charge is 0.224 e. The van der Waals surface area contributed by atoms with Gasteiger partial charge in [-0.25, -0.2) is 0 Å². The molecule has 3 nitrogen and oxygen atoms in total. The zero-order valence-electron chi connectivity index (χ0n) is 9.22. The van der Waals surface area contributed by atoms with Crippen LogP contribution >= 0.6 is 11.3 Å². The molecule has 0 bridgehead atoms. The van der Waals surface area contributed by atoms with Gasteiger partial charge in [-0.05, 0) is 17.5 Å². The molecule has 88 valence electrons. The van der Waals surface area contributed by atoms with E-state index in [0.29, 0.717) is 12.1 Å². The highest BCUT2D eigenvalue weighted by molar-refractivity contribution is 7.09. The summed E-state index contributed by atoms with van der Waals surface area (Å²) in [7, 11) is 0. The predicted molar refractivity (Wildman–Crippen MR) is 68.0 cm³/mol. The van der Waals surface area contributed by atoms with Gasteiger partial charge in [0.2, 0.25) is 5.91 Å². The minimum atomic E-state index is -0.0834. The molecule has 1 aromatic heterocycles. The number of nitrogens with one attached hydrogen (secondary N) is 1. The molecule has 0 aliphatic rings. The molecule has 0 atom stereocenters. The second kappa shape index (κ2) is 5.50. The Bertz CT molecular complexity index is 494. The quantitative estimate of drug-likeness (QED) is 0.871. The first kappa shape index (κ1) is 11.7. The second-order valence-corrected chi connectivity index (χ2v) is 4.69. The van der Waals surface area contributed by atoms with Gasteiger partial charge in [0.15, 0.2) is 0 Å². The summed E-state index contributed by atoms with van der Waals surface area (Å²) in [5.74, 6) is 0.0821. The molecular formula is C13H13NO2S. The van der Waals surface area contributed by atoms with Crippen LogP contribution in [0.4, 0.5) is 0 Å². The zero-order chi connectivity index (χ0) is 12.1. The number of phenolic OH excluding ortho intramolecular Hbond substituents is 1. The molecule has 0 spiro atoms. The lowest BCUT2D eigenvalue weighted by atomic mass is 10.1. The molecule has 2 aromatic rings. The SMILES string of the molecule is O=C(Cc1ccccc1O)NCc1cccs1. The number of carbonyl (C=O) groups is 1. The number of para-hydroxylation sites is 1. The molecule has 1 amide bonds. The molecule has 2 N–H and O–H groups in total. The molecule has 1 heterocycles. The van der Waals surface area contributed by atoms with Gasteiger partial charge in [-0.3, -0.25) is 4.79 Å². The van der Waals surface area contributed by atoms with E-state index in [1.54, 1.807) is 29.5 Å². The number of thiophene rings is 1. The van der Waals surface area contributed by atoms with E-state index in [4.69, 9.17) is 0 Å². The summed E-state index contributed by atoms with van der Waals surface area (Å²) >= 11 is 1.61. The second-order valence-electron chi connectivity index (χ2n) is 3.66. The summed E-state index contributed by atoms with van der Waals surface area (Å²) in [4.78, 5) is 12.8. The molecule has 0 aliphatic heterocycles. The first-order chi connectivity index (χ1) is 8.25. The Balaban J connectivity index is 1.87. The van der Waals surface area contributed by atoms with Crippen LogP contribution in [0.25, 0.3) is 0 Å². The summed E-state index contributed by atoms with van der Waals surface area (Å²) in [5, 5.41) is 14.3. The fourth-order valence-corrected chi connectivity index (χ4v) is 2.14. The van der Waals surface area contributed by atoms with Crippen LogP contribution in [0.1, 0.15) is 10.4 Å². The lowest BCUT2D eigenvalue weighted by Crippen LogP contribution is -2.24. The maximum atomic E-state index is 11.6. The van der Waals surface area contributed by atoms with Crippen molar-refractivity contribution in [3.8, 4) is 5.75 Å². The molecule has 0 aliphatic carbocycles. The van der Waals surface area contributed by atoms with Crippen molar-refractivity contribution in [1.29, 1.82) is 0 Å². The Morgan fingerprint density at radius 3 is 2.76 bits per heavy atom. The number of aromatic hydroxyl groups is 1. The number of phenols is 1. The van der Waals surface area contributed by atoms with E-state index in [1.165, 1.54) is 0 Å². The zero-order valence-corrected chi connectivity index (χ0v) is 10.0. The average molecular weight is 247 g/mol. The summed E-state index contributed by atoms with van der Waals surface area (Å²) in [6.45, 7) is 0.546. The normalized spacial score (nSPS) is 10.1. The summed E-state index contributed by atoms with van der Waals surface area (Å²) in [6, 6.07) is 10.8. The van der Waals surface area contributed by atoms with Crippen LogP contribution in [0.15, 0.2) is 41.8 Å². The number of hydrogen-bond donors (Lipinski definition) is 2. The van der Waals surface area contributed by atoms with Crippen LogP contribution in [0.2, 0.25) is 0 Å². The molecule has 2 rings (SSSR count). The van der Waals surface area contributed by atoms with E-state index >= 15 is 0 Å². The Hall–Kier alpha value is -1.81. The minimum absolute atomic E-state index is 0.0834. The van der Waals surface area contributed by atoms with Crippen LogP contribution in [-0.4, -0.2) is 11.0 Å². The summed E-state index contributed by atoms with van der Waals surface area (Å²) in [5.41, 5.74) is 0.649. The van der Waals surface area contributed by atoms with Gasteiger partial charge in [0.05, 0.1) is 13.0 Å². The van der Waals surface area contributed by atoms with Crippen LogP contribution < -0.4 is 5.32 Å². The first-order valence-corrected chi connectivity index (χ1v) is 6.19. The van der Waals surface area contributed by atoms with Crippen molar-refractivity contribution in [2.75, 3.05) is 0 Å². The number of carbonyl (C=O) groups excluding carboxylic acids is 1. The Kier molecular flexibility index (Phi) is 3.77. The highest BCUT2D eigenvalue weighted by Gasteiger charge is 2.06. The molecule has 0 fully saturated rings. The summed E-state index contributed by atoms with van der Waals surface area (Å²) < 4.78 is 0. The third-order valence-corrected chi connectivity index (χ3v) is 3.26. The van der Waals surface area contributed by atoms with Gasteiger partial charge in [0, 0.05) is 10.4 Å². The van der Waals surface area contributed by atoms with Crippen molar-refractivity contribution in [3.63, 3.8) is 0 Å². The molecule has 1 aromatic carbocycles. The van der Waals surface area contributed by atoms with E-state index < -0.39 is 0 Å². The molecule has 17 heavy (non-hydrogen) atoms. The molecular weight excluding hydrogens is 234 g/mol. The van der Waals surface area contributed by atoms with E-state index in [1.807, 2.05) is 23.6 Å². The largest absolute Gasteiger partial charge is 0.508 e. The Labute approximate surface area is 104 Å². The van der Waals surface area contributed by atoms with Crippen LogP contribution in [0.3, 0.4) is 0 Å². The Morgan fingerprint density at radius 1 is 1.24 bits per heavy atom. The number of benzene rings is 1. The molecule has 0 unspecified atom stereocenters. The minimum Gasteiger partial charge on any atom is -0.508 e. The standard InChI is InChI=1S/C13H13NO2S/c15-12-6-2-1-4-10(12)8-13(16)14-9-11-5-3-7-17-11/h1-7,15H,8-9H2,(H,14,16). The molecule has 0 saturated heterocycles. The van der Waals surface area contributed by atoms with Crippen LogP contribution in [0.5, 0.6) is 5.75 Å². The number of amides is 1. The van der Waals surface area contributed by atoms with Crippen molar-refractivity contribution in [2.45, 2.75) is 13.0 Å². The van der Waals surface area contributed by atoms with Crippen LogP contribution in [0, 0.1) is 0 Å². The maximum absolute atomic E-state index is 11.6. The average Bonchev–Trinajstić information content (AvgIpc) is 2.82. The third kappa shape index (κ3) is 3.32. The first-order valence-electron chi connectivity index (χ1n) is 5.31. The third-order valence-electron chi connectivity index (χ3n) is 2.38. The van der Waals surface area contributed by atoms with Gasteiger partial charge in [-0.15, -0.1) is 11.3 Å². The van der Waals surface area contributed by atoms with E-state index in [0.717, 1.165) is 4.88 Å². The van der Waals surface area contributed by atoms with Crippen LogP contribution in [-0.2, 0) is 17.8 Å². The number of hydrogen-bond acceptors (Lipinski definition) is 3. The fourth-order valence-electron chi connectivity index (χ4n) is 1.49. The Morgan fingerprint density at radius 2 is 2.06 bits per heavy atom. The van der Waals surface area contributed by atoms with Crippen molar-refractivity contribution >= 4 is 17.2 Å². The van der Waals surface area contributed by atoms with Gasteiger partial charge >= 0.3 is 0 Å². The fraction of sp³-hybridized carbons (Fsp3) is 0.154. The number of rotatable bonds is 4. The van der Waals surface area contributed by atoms with E-state index in [9.17, 15) is 9.90 Å². The molecule has 4 heteroatoms. The lowest BCUT2D eigenvalue weighted by molar-refractivity contribution is -0.120. The molecule has 0 saturated carbocycles. The highest BCUT2D eigenvalue weighted by atomic mass is 32.1. The highest BCUT2D eigenvalue weighted by Crippen LogP contribution is 2.16. The predicted octanol–water partition coefficient (Wildman–Crippen LogP) is 2.31. The summed E-state index contributed by atoms with van der Waals surface area (Å²) in [6.07, 6.45) is 0.206. The van der Waals surface area contributed by atoms with Crippen molar-refractivity contribution in [2.24, 2.45) is 0 Å². The van der Waals surface area contributed by atoms with Gasteiger partial charge in [0.25, 0.3) is 0 Å². The van der Waals surface area contributed by atoms with Crippen molar-refractivity contribution in [1.82, 2.24) is 5.32 Å². The topological polar surface area (TPSA) is 49.3 Å².